The van der Waals surface area contributed by atoms with E-state index < -0.39 is 0 Å². The average molecular weight is 339 g/mol. The van der Waals surface area contributed by atoms with Crippen LogP contribution in [-0.2, 0) is 13.5 Å². The Bertz CT molecular complexity index is 816. The normalized spacial score (nSPS) is 11.5. The van der Waals surface area contributed by atoms with E-state index in [1.54, 1.807) is 0 Å². The van der Waals surface area contributed by atoms with Crippen molar-refractivity contribution in [3.8, 4) is 0 Å². The van der Waals surface area contributed by atoms with Crippen molar-refractivity contribution in [1.82, 2.24) is 9.47 Å². The van der Waals surface area contributed by atoms with Crippen LogP contribution >= 0.6 is 11.8 Å². The van der Waals surface area contributed by atoms with Crippen molar-refractivity contribution in [2.75, 3.05) is 20.6 Å². The van der Waals surface area contributed by atoms with Gasteiger partial charge in [-0.1, -0.05) is 47.7 Å². The summed E-state index contributed by atoms with van der Waals surface area (Å²) in [7, 11) is 6.48. The minimum absolute atomic E-state index is 1.12. The topological polar surface area (TPSA) is 8.17 Å². The van der Waals surface area contributed by atoms with Crippen LogP contribution in [0, 0.1) is 6.92 Å². The first-order valence-electron chi connectivity index (χ1n) is 8.52. The monoisotopic (exact) mass is 338 g/mol. The van der Waals surface area contributed by atoms with Crippen molar-refractivity contribution in [2.24, 2.45) is 7.05 Å². The fourth-order valence-corrected chi connectivity index (χ4v) is 4.18. The number of fused-ring (bicyclic) bond motifs is 1. The molecule has 0 saturated heterocycles. The number of aromatic nitrogens is 1. The van der Waals surface area contributed by atoms with E-state index in [0.717, 1.165) is 13.0 Å². The van der Waals surface area contributed by atoms with Crippen LogP contribution in [0.4, 0.5) is 0 Å². The summed E-state index contributed by atoms with van der Waals surface area (Å²) < 4.78 is 2.35. The molecular formula is C21H26N2S. The third-order valence-corrected chi connectivity index (χ3v) is 5.64. The van der Waals surface area contributed by atoms with Crippen LogP contribution in [0.1, 0.15) is 17.5 Å². The van der Waals surface area contributed by atoms with Crippen molar-refractivity contribution in [1.29, 1.82) is 0 Å². The van der Waals surface area contributed by atoms with Crippen LogP contribution in [0.15, 0.2) is 58.5 Å². The molecule has 3 heteroatoms. The molecule has 0 N–H and O–H groups in total. The number of benzene rings is 2. The zero-order valence-electron chi connectivity index (χ0n) is 15.0. The van der Waals surface area contributed by atoms with E-state index in [1.165, 1.54) is 38.4 Å². The SMILES string of the molecule is Cc1ccc(Sc2c(CCCN(C)C)c3ccccc3n2C)cc1. The maximum absolute atomic E-state index is 2.35. The molecule has 1 heterocycles. The lowest BCUT2D eigenvalue weighted by atomic mass is 10.1. The van der Waals surface area contributed by atoms with E-state index in [1.807, 2.05) is 11.8 Å². The van der Waals surface area contributed by atoms with Gasteiger partial charge in [0.1, 0.15) is 0 Å². The maximum Gasteiger partial charge on any atom is 0.0837 e. The van der Waals surface area contributed by atoms with Gasteiger partial charge in [-0.25, -0.2) is 0 Å². The van der Waals surface area contributed by atoms with E-state index >= 15 is 0 Å². The van der Waals surface area contributed by atoms with Gasteiger partial charge in [-0.05, 0) is 64.2 Å². The van der Waals surface area contributed by atoms with Crippen LogP contribution < -0.4 is 0 Å². The summed E-state index contributed by atoms with van der Waals surface area (Å²) in [5.41, 5.74) is 4.12. The summed E-state index contributed by atoms with van der Waals surface area (Å²) in [4.78, 5) is 3.57. The molecule has 3 rings (SSSR count). The molecule has 0 spiro atoms. The first kappa shape index (κ1) is 17.1. The molecule has 3 aromatic rings. The zero-order chi connectivity index (χ0) is 17.1. The average Bonchev–Trinajstić information content (AvgIpc) is 2.83. The van der Waals surface area contributed by atoms with Crippen molar-refractivity contribution >= 4 is 22.7 Å². The molecule has 0 saturated carbocycles. The van der Waals surface area contributed by atoms with Crippen molar-refractivity contribution in [2.45, 2.75) is 29.7 Å². The third kappa shape index (κ3) is 3.68. The molecule has 0 aliphatic carbocycles. The predicted molar refractivity (Wildman–Crippen MR) is 105 cm³/mol. The molecule has 2 aromatic carbocycles. The summed E-state index contributed by atoms with van der Waals surface area (Å²) in [5.74, 6) is 0. The van der Waals surface area contributed by atoms with Crippen molar-refractivity contribution in [3.05, 3.63) is 59.7 Å². The van der Waals surface area contributed by atoms with Gasteiger partial charge in [-0.2, -0.15) is 0 Å². The molecule has 2 nitrogen and oxygen atoms in total. The second-order valence-corrected chi connectivity index (χ2v) is 7.74. The number of rotatable bonds is 6. The lowest BCUT2D eigenvalue weighted by Crippen LogP contribution is -2.13. The van der Waals surface area contributed by atoms with Crippen LogP contribution in [0.25, 0.3) is 10.9 Å². The minimum Gasteiger partial charge on any atom is -0.338 e. The van der Waals surface area contributed by atoms with Crippen LogP contribution in [0.2, 0.25) is 0 Å². The Hall–Kier alpha value is -1.71. The lowest BCUT2D eigenvalue weighted by molar-refractivity contribution is 0.400. The molecule has 24 heavy (non-hydrogen) atoms. The molecule has 0 bridgehead atoms. The van der Waals surface area contributed by atoms with Crippen LogP contribution in [-0.4, -0.2) is 30.1 Å². The van der Waals surface area contributed by atoms with E-state index in [4.69, 9.17) is 0 Å². The van der Waals surface area contributed by atoms with Crippen molar-refractivity contribution in [3.63, 3.8) is 0 Å². The van der Waals surface area contributed by atoms with Gasteiger partial charge >= 0.3 is 0 Å². The standard InChI is InChI=1S/C21H26N2S/c1-16-11-13-17(14-12-16)24-21-19(9-7-15-22(2)3)18-8-5-6-10-20(18)23(21)4/h5-6,8,10-14H,7,9,15H2,1-4H3. The highest BCUT2D eigenvalue weighted by atomic mass is 32.2. The van der Waals surface area contributed by atoms with E-state index in [-0.39, 0.29) is 0 Å². The summed E-state index contributed by atoms with van der Waals surface area (Å²) in [6.45, 7) is 3.26. The largest absolute Gasteiger partial charge is 0.338 e. The first-order chi connectivity index (χ1) is 11.6. The van der Waals surface area contributed by atoms with Gasteiger partial charge in [0.25, 0.3) is 0 Å². The van der Waals surface area contributed by atoms with Crippen LogP contribution in [0.3, 0.4) is 0 Å². The molecule has 0 atom stereocenters. The fraction of sp³-hybridized carbons (Fsp3) is 0.333. The molecular weight excluding hydrogens is 312 g/mol. The molecule has 0 aliphatic heterocycles. The molecule has 0 amide bonds. The van der Waals surface area contributed by atoms with Gasteiger partial charge in [-0.3, -0.25) is 0 Å². The smallest absolute Gasteiger partial charge is 0.0837 e. The van der Waals surface area contributed by atoms with Gasteiger partial charge in [-0.15, -0.1) is 0 Å². The Labute approximate surface area is 149 Å². The number of para-hydroxylation sites is 1. The highest BCUT2D eigenvalue weighted by Gasteiger charge is 2.15. The second kappa shape index (κ2) is 7.45. The highest BCUT2D eigenvalue weighted by molar-refractivity contribution is 7.99. The number of nitrogens with zero attached hydrogens (tertiary/aromatic N) is 2. The Morgan fingerprint density at radius 1 is 1.00 bits per heavy atom. The van der Waals surface area contributed by atoms with E-state index in [2.05, 4.69) is 86.1 Å². The number of hydrogen-bond acceptors (Lipinski definition) is 2. The zero-order valence-corrected chi connectivity index (χ0v) is 15.9. The number of hydrogen-bond donors (Lipinski definition) is 0. The summed E-state index contributed by atoms with van der Waals surface area (Å²) in [6.07, 6.45) is 2.30. The lowest BCUT2D eigenvalue weighted by Gasteiger charge is -2.11. The Morgan fingerprint density at radius 2 is 1.71 bits per heavy atom. The van der Waals surface area contributed by atoms with Gasteiger partial charge in [0, 0.05) is 22.8 Å². The molecule has 0 unspecified atom stereocenters. The highest BCUT2D eigenvalue weighted by Crippen LogP contribution is 2.37. The quantitative estimate of drug-likeness (QED) is 0.615. The number of aryl methyl sites for hydroxylation is 3. The Morgan fingerprint density at radius 3 is 2.42 bits per heavy atom. The Balaban J connectivity index is 1.97. The third-order valence-electron chi connectivity index (χ3n) is 4.42. The molecule has 0 fully saturated rings. The molecule has 126 valence electrons. The van der Waals surface area contributed by atoms with Gasteiger partial charge in [0.15, 0.2) is 0 Å². The summed E-state index contributed by atoms with van der Waals surface area (Å²) in [6, 6.07) is 17.6. The van der Waals surface area contributed by atoms with E-state index in [9.17, 15) is 0 Å². The molecule has 0 radical (unpaired) electrons. The first-order valence-corrected chi connectivity index (χ1v) is 9.33. The molecule has 0 aliphatic rings. The second-order valence-electron chi connectivity index (χ2n) is 6.68. The summed E-state index contributed by atoms with van der Waals surface area (Å²) in [5, 5.41) is 2.77. The molecule has 1 aromatic heterocycles. The maximum atomic E-state index is 2.35. The van der Waals surface area contributed by atoms with Gasteiger partial charge < -0.3 is 9.47 Å². The predicted octanol–water partition coefficient (Wildman–Crippen LogP) is 5.13. The van der Waals surface area contributed by atoms with Crippen molar-refractivity contribution < 1.29 is 0 Å². The van der Waals surface area contributed by atoms with E-state index in [0.29, 0.717) is 0 Å². The van der Waals surface area contributed by atoms with Gasteiger partial charge in [0.05, 0.1) is 5.03 Å². The van der Waals surface area contributed by atoms with Crippen LogP contribution in [0.5, 0.6) is 0 Å². The fourth-order valence-electron chi connectivity index (χ4n) is 3.11. The Kier molecular flexibility index (Phi) is 5.32. The van der Waals surface area contributed by atoms with Gasteiger partial charge in [0.2, 0.25) is 0 Å². The minimum atomic E-state index is 1.12. The summed E-state index contributed by atoms with van der Waals surface area (Å²) >= 11 is 1.88.